The molecule has 3 aromatic rings. The number of benzene rings is 2. The lowest BCUT2D eigenvalue weighted by Crippen LogP contribution is -2.47. The number of carbonyl (C=O) groups excluding carboxylic acids is 4. The average molecular weight is 836 g/mol. The minimum atomic E-state index is -3.86. The van der Waals surface area contributed by atoms with E-state index in [2.05, 4.69) is 56.4 Å². The summed E-state index contributed by atoms with van der Waals surface area (Å²) in [7, 11) is -3.86. The molecule has 8 rings (SSSR count). The van der Waals surface area contributed by atoms with E-state index in [1.54, 1.807) is 11.0 Å². The predicted octanol–water partition coefficient (Wildman–Crippen LogP) is 7.89. The van der Waals surface area contributed by atoms with E-state index >= 15 is 4.79 Å². The minimum Gasteiger partial charge on any atom is -0.488 e. The third-order valence-electron chi connectivity index (χ3n) is 13.6. The van der Waals surface area contributed by atoms with Crippen LogP contribution < -0.4 is 9.46 Å². The molecule has 2 aromatic carbocycles. The number of Topliss-reactive ketones (excluding diaryl/α,β-unsaturated/α-hetero) is 1. The summed E-state index contributed by atoms with van der Waals surface area (Å²) in [6.07, 6.45) is 11.3. The highest BCUT2D eigenvalue weighted by molar-refractivity contribution is 7.90. The molecule has 0 unspecified atom stereocenters. The topological polar surface area (TPSA) is 149 Å². The lowest BCUT2D eigenvalue weighted by Gasteiger charge is -2.31. The number of rotatable bonds is 9. The van der Waals surface area contributed by atoms with Gasteiger partial charge < -0.3 is 14.4 Å². The highest BCUT2D eigenvalue weighted by Crippen LogP contribution is 2.57. The van der Waals surface area contributed by atoms with E-state index in [4.69, 9.17) is 14.5 Å². The van der Waals surface area contributed by atoms with E-state index in [1.165, 1.54) is 0 Å². The first-order chi connectivity index (χ1) is 28.7. The number of cyclic esters (lactones) is 1. The fraction of sp³-hybridized carbons (Fsp3) is 0.521. The van der Waals surface area contributed by atoms with Crippen molar-refractivity contribution in [2.24, 2.45) is 28.6 Å². The average Bonchev–Trinajstić information content (AvgIpc) is 4.10. The molecule has 2 amide bonds. The molecule has 1 saturated heterocycles. The molecule has 12 heteroatoms. The number of pyridine rings is 1. The number of aryl methyl sites for hydroxylation is 1. The van der Waals surface area contributed by atoms with E-state index in [9.17, 15) is 22.8 Å². The van der Waals surface area contributed by atoms with Gasteiger partial charge in [-0.3, -0.25) is 23.9 Å². The van der Waals surface area contributed by atoms with Gasteiger partial charge in [-0.25, -0.2) is 13.4 Å². The van der Waals surface area contributed by atoms with E-state index < -0.39 is 56.5 Å². The van der Waals surface area contributed by atoms with Crippen molar-refractivity contribution in [1.29, 1.82) is 0 Å². The number of nitrogens with one attached hydrogen (secondary N) is 1. The molecule has 5 aliphatic rings. The Kier molecular flexibility index (Phi) is 11.6. The van der Waals surface area contributed by atoms with Gasteiger partial charge in [0.15, 0.2) is 5.78 Å². The molecule has 3 saturated carbocycles. The Morgan fingerprint density at radius 2 is 1.80 bits per heavy atom. The molecule has 2 aliphatic heterocycles. The van der Waals surface area contributed by atoms with Gasteiger partial charge in [-0.05, 0) is 92.4 Å². The highest BCUT2D eigenvalue weighted by Gasteiger charge is 2.61. The van der Waals surface area contributed by atoms with Crippen LogP contribution in [0.1, 0.15) is 102 Å². The normalized spacial score (nSPS) is 27.9. The second kappa shape index (κ2) is 16.6. The van der Waals surface area contributed by atoms with Crippen LogP contribution in [0.15, 0.2) is 67.3 Å². The number of nitrogens with zero attached hydrogens (tertiary/aromatic N) is 2. The summed E-state index contributed by atoms with van der Waals surface area (Å²) in [5.41, 5.74) is 2.85. The van der Waals surface area contributed by atoms with E-state index in [-0.39, 0.29) is 61.9 Å². The second-order valence-electron chi connectivity index (χ2n) is 18.7. The molecule has 5 atom stereocenters. The van der Waals surface area contributed by atoms with Crippen LogP contribution in [0.2, 0.25) is 0 Å². The van der Waals surface area contributed by atoms with Crippen LogP contribution in [0.3, 0.4) is 0 Å². The molecule has 60 heavy (non-hydrogen) atoms. The van der Waals surface area contributed by atoms with Crippen molar-refractivity contribution in [3.8, 4) is 17.0 Å². The number of aromatic nitrogens is 1. The van der Waals surface area contributed by atoms with Gasteiger partial charge in [0.05, 0.1) is 53.4 Å². The van der Waals surface area contributed by atoms with E-state index in [1.807, 2.05) is 36.4 Å². The Balaban J connectivity index is 1.18. The van der Waals surface area contributed by atoms with Gasteiger partial charge in [0.25, 0.3) is 0 Å². The molecule has 1 N–H and O–H groups in total. The molecule has 1 aromatic heterocycles. The first-order valence-electron chi connectivity index (χ1n) is 21.7. The molecule has 3 aliphatic carbocycles. The van der Waals surface area contributed by atoms with Crippen LogP contribution in [-0.4, -0.2) is 72.4 Å². The summed E-state index contributed by atoms with van der Waals surface area (Å²) in [4.78, 5) is 63.9. The van der Waals surface area contributed by atoms with Crippen LogP contribution in [0.5, 0.6) is 5.75 Å². The minimum absolute atomic E-state index is 0.0504. The zero-order chi connectivity index (χ0) is 42.4. The maximum absolute atomic E-state index is 15.0. The van der Waals surface area contributed by atoms with Gasteiger partial charge in [-0.15, -0.1) is 6.58 Å². The molecule has 318 valence electrons. The summed E-state index contributed by atoms with van der Waals surface area (Å²) >= 11 is 0. The van der Waals surface area contributed by atoms with E-state index in [0.717, 1.165) is 71.8 Å². The van der Waals surface area contributed by atoms with Gasteiger partial charge in [-0.1, -0.05) is 75.2 Å². The standard InChI is InChI=1S/C48H57N3O8S/c1-5-34-26-48(34,46(55)50-60(56,57)36-18-19-36)27-42(52)41-23-35-28-51(41)45(54)37(31-13-9-10-14-31)24-44(53)58-29-47(3,4)20-12-11-17-33-22-38-40(21-30(33)2)49-39(25-43(38)59-35)32-15-7-6-8-16-32/h5-8,11,15-17,21-22,25,31,34-37,41H,1,9-10,12-14,18-20,23-24,26-29H2,2-4H3,(H,50,55)/b17-11+/t34-,35-,37+,41+,48-/m1/s1. The third-order valence-corrected chi connectivity index (χ3v) is 15.4. The van der Waals surface area contributed by atoms with Crippen molar-refractivity contribution < 1.29 is 37.1 Å². The summed E-state index contributed by atoms with van der Waals surface area (Å²) in [5, 5.41) is 0.194. The predicted molar refractivity (Wildman–Crippen MR) is 230 cm³/mol. The van der Waals surface area contributed by atoms with E-state index in [0.29, 0.717) is 18.6 Å². The second-order valence-corrected chi connectivity index (χ2v) is 20.7. The monoisotopic (exact) mass is 835 g/mol. The van der Waals surface area contributed by atoms with Gasteiger partial charge in [-0.2, -0.15) is 0 Å². The van der Waals surface area contributed by atoms with Gasteiger partial charge in [0, 0.05) is 29.9 Å². The zero-order valence-corrected chi connectivity index (χ0v) is 35.8. The van der Waals surface area contributed by atoms with Gasteiger partial charge >= 0.3 is 5.97 Å². The Morgan fingerprint density at radius 1 is 1.05 bits per heavy atom. The Morgan fingerprint density at radius 3 is 2.50 bits per heavy atom. The summed E-state index contributed by atoms with van der Waals surface area (Å²) in [5.74, 6) is -2.33. The van der Waals surface area contributed by atoms with Crippen LogP contribution >= 0.6 is 0 Å². The van der Waals surface area contributed by atoms with Crippen molar-refractivity contribution in [1.82, 2.24) is 14.6 Å². The van der Waals surface area contributed by atoms with Crippen molar-refractivity contribution in [2.45, 2.75) is 115 Å². The number of sulfonamides is 1. The summed E-state index contributed by atoms with van der Waals surface area (Å²) in [6.45, 7) is 10.4. The highest BCUT2D eigenvalue weighted by atomic mass is 32.2. The fourth-order valence-corrected chi connectivity index (χ4v) is 11.0. The molecule has 11 nitrogen and oxygen atoms in total. The number of ether oxygens (including phenoxy) is 2. The van der Waals surface area contributed by atoms with Crippen LogP contribution in [0.4, 0.5) is 0 Å². The Bertz CT molecular complexity index is 2330. The Labute approximate surface area is 353 Å². The molecule has 4 fully saturated rings. The number of ketones is 1. The maximum atomic E-state index is 15.0. The van der Waals surface area contributed by atoms with Crippen molar-refractivity contribution in [2.75, 3.05) is 13.2 Å². The number of hydrogen-bond acceptors (Lipinski definition) is 9. The van der Waals surface area contributed by atoms with Gasteiger partial charge in [0.2, 0.25) is 21.8 Å². The SMILES string of the molecule is C=C[C@@H]1C[C@]1(CC(=O)[C@@H]1C[C@@H]2CN1C(=O)[C@H](C1CCCC1)CC(=O)OCC(C)(C)CC/C=C/c1cc3c(cc(-c4ccccc4)nc3cc1C)O2)C(=O)NS(=O)(=O)C1CC1. The third kappa shape index (κ3) is 8.81. The first-order valence-corrected chi connectivity index (χ1v) is 23.2. The van der Waals surface area contributed by atoms with Gasteiger partial charge in [0.1, 0.15) is 11.9 Å². The van der Waals surface area contributed by atoms with Crippen molar-refractivity contribution >= 4 is 50.6 Å². The molecular formula is C48H57N3O8S. The smallest absolute Gasteiger partial charge is 0.306 e. The van der Waals surface area contributed by atoms with Crippen LogP contribution in [0, 0.1) is 35.5 Å². The van der Waals surface area contributed by atoms with Crippen LogP contribution in [0.25, 0.3) is 28.2 Å². The maximum Gasteiger partial charge on any atom is 0.306 e. The summed E-state index contributed by atoms with van der Waals surface area (Å²) < 4.78 is 40.9. The fourth-order valence-electron chi connectivity index (χ4n) is 9.62. The quantitative estimate of drug-likeness (QED) is 0.168. The molecular weight excluding hydrogens is 779 g/mol. The molecule has 3 heterocycles. The van der Waals surface area contributed by atoms with Crippen LogP contribution in [-0.2, 0) is 33.9 Å². The van der Waals surface area contributed by atoms with Crippen molar-refractivity contribution in [3.05, 3.63) is 78.4 Å². The zero-order valence-electron chi connectivity index (χ0n) is 35.0. The number of fused-ring (bicyclic) bond motifs is 3. The van der Waals surface area contributed by atoms with Crippen molar-refractivity contribution in [3.63, 3.8) is 0 Å². The number of carbonyl (C=O) groups is 4. The largest absolute Gasteiger partial charge is 0.488 e. The lowest BCUT2D eigenvalue weighted by atomic mass is 9.85. The molecule has 4 bridgehead atoms. The lowest BCUT2D eigenvalue weighted by molar-refractivity contribution is -0.153. The number of allylic oxidation sites excluding steroid dienone is 2. The number of amides is 2. The number of esters is 1. The molecule has 0 radical (unpaired) electrons. The number of hydrogen-bond donors (Lipinski definition) is 1. The Hall–Kier alpha value is -4.84. The summed E-state index contributed by atoms with van der Waals surface area (Å²) in [6, 6.07) is 14.9. The molecule has 0 spiro atoms. The first kappa shape index (κ1) is 41.9.